The highest BCUT2D eigenvalue weighted by Crippen LogP contribution is 2.23. The molecule has 1 aliphatic rings. The Bertz CT molecular complexity index is 236. The zero-order valence-corrected chi connectivity index (χ0v) is 10.7. The number of nitrogens with zero attached hydrogens (tertiary/aromatic N) is 1. The summed E-state index contributed by atoms with van der Waals surface area (Å²) in [5.74, 6) is 6.51. The lowest BCUT2D eigenvalue weighted by Crippen LogP contribution is -2.43. The second kappa shape index (κ2) is 8.27. The fourth-order valence-electron chi connectivity index (χ4n) is 1.99. The van der Waals surface area contributed by atoms with Gasteiger partial charge in [-0.15, -0.1) is 0 Å². The van der Waals surface area contributed by atoms with Gasteiger partial charge in [0.2, 0.25) is 5.96 Å². The predicted octanol–water partition coefficient (Wildman–Crippen LogP) is -0.143. The number of aliphatic imine (C=N–C) groups is 1. The minimum absolute atomic E-state index is 0.344. The molecule has 0 bridgehead atoms. The highest BCUT2D eigenvalue weighted by atomic mass is 16.5. The van der Waals surface area contributed by atoms with Crippen LogP contribution in [-0.4, -0.2) is 45.5 Å². The summed E-state index contributed by atoms with van der Waals surface area (Å²) in [6.45, 7) is 5.06. The number of guanidine groups is 1. The first-order chi connectivity index (χ1) is 8.31. The number of methoxy groups -OCH3 is 1. The van der Waals surface area contributed by atoms with Gasteiger partial charge in [-0.2, -0.15) is 0 Å². The lowest BCUT2D eigenvalue weighted by atomic mass is 10.0. The highest BCUT2D eigenvalue weighted by Gasteiger charge is 2.26. The van der Waals surface area contributed by atoms with Crippen molar-refractivity contribution >= 4 is 5.96 Å². The second-order valence-corrected chi connectivity index (χ2v) is 4.12. The van der Waals surface area contributed by atoms with Gasteiger partial charge in [0.1, 0.15) is 0 Å². The van der Waals surface area contributed by atoms with Gasteiger partial charge in [-0.3, -0.25) is 10.4 Å². The van der Waals surface area contributed by atoms with Crippen molar-refractivity contribution in [2.24, 2.45) is 16.8 Å². The molecule has 1 heterocycles. The van der Waals surface area contributed by atoms with Crippen LogP contribution in [0.3, 0.4) is 0 Å². The smallest absolute Gasteiger partial charge is 0.205 e. The normalized spacial score (nSPS) is 25.0. The van der Waals surface area contributed by atoms with Crippen molar-refractivity contribution in [2.75, 3.05) is 33.4 Å². The molecule has 0 aliphatic carbocycles. The fraction of sp³-hybridized carbons (Fsp3) is 0.909. The van der Waals surface area contributed by atoms with E-state index < -0.39 is 0 Å². The number of hydrazine groups is 1. The summed E-state index contributed by atoms with van der Waals surface area (Å²) >= 11 is 0. The number of nitrogens with two attached hydrogens (primary N) is 1. The Balaban J connectivity index is 2.32. The molecular formula is C11H24N4O2. The van der Waals surface area contributed by atoms with Crippen molar-refractivity contribution in [3.8, 4) is 0 Å². The molecule has 100 valence electrons. The summed E-state index contributed by atoms with van der Waals surface area (Å²) in [5.41, 5.74) is 2.56. The summed E-state index contributed by atoms with van der Waals surface area (Å²) in [5, 5.41) is 3.08. The monoisotopic (exact) mass is 244 g/mol. The van der Waals surface area contributed by atoms with Crippen molar-refractivity contribution in [1.82, 2.24) is 10.7 Å². The predicted molar refractivity (Wildman–Crippen MR) is 67.6 cm³/mol. The molecule has 1 rings (SSSR count). The Morgan fingerprint density at radius 2 is 2.41 bits per heavy atom. The Hall–Kier alpha value is -0.850. The first kappa shape index (κ1) is 14.2. The van der Waals surface area contributed by atoms with Crippen LogP contribution in [0.5, 0.6) is 0 Å². The van der Waals surface area contributed by atoms with E-state index in [1.807, 2.05) is 0 Å². The molecule has 6 nitrogen and oxygen atoms in total. The van der Waals surface area contributed by atoms with E-state index in [2.05, 4.69) is 22.7 Å². The van der Waals surface area contributed by atoms with Crippen LogP contribution in [0.25, 0.3) is 0 Å². The SMILES string of the molecule is CCC1OCCC1CN=C(NN)NCCOC. The molecule has 1 aliphatic heterocycles. The van der Waals surface area contributed by atoms with Gasteiger partial charge < -0.3 is 14.8 Å². The van der Waals surface area contributed by atoms with Crippen molar-refractivity contribution < 1.29 is 9.47 Å². The lowest BCUT2D eigenvalue weighted by Gasteiger charge is -2.15. The molecule has 1 fully saturated rings. The quantitative estimate of drug-likeness (QED) is 0.199. The van der Waals surface area contributed by atoms with E-state index in [1.54, 1.807) is 7.11 Å². The largest absolute Gasteiger partial charge is 0.383 e. The third-order valence-electron chi connectivity index (χ3n) is 2.97. The van der Waals surface area contributed by atoms with E-state index in [0.29, 0.717) is 31.1 Å². The zero-order valence-electron chi connectivity index (χ0n) is 10.7. The van der Waals surface area contributed by atoms with Crippen LogP contribution in [0.15, 0.2) is 4.99 Å². The first-order valence-corrected chi connectivity index (χ1v) is 6.17. The van der Waals surface area contributed by atoms with Crippen molar-refractivity contribution in [2.45, 2.75) is 25.9 Å². The topological polar surface area (TPSA) is 80.9 Å². The van der Waals surface area contributed by atoms with E-state index in [9.17, 15) is 0 Å². The van der Waals surface area contributed by atoms with Gasteiger partial charge in [0.25, 0.3) is 0 Å². The average molecular weight is 244 g/mol. The Morgan fingerprint density at radius 3 is 3.06 bits per heavy atom. The molecule has 0 aromatic carbocycles. The van der Waals surface area contributed by atoms with E-state index in [4.69, 9.17) is 15.3 Å². The van der Waals surface area contributed by atoms with Crippen LogP contribution in [0, 0.1) is 5.92 Å². The van der Waals surface area contributed by atoms with Gasteiger partial charge in [-0.25, -0.2) is 5.84 Å². The van der Waals surface area contributed by atoms with E-state index in [1.165, 1.54) is 0 Å². The van der Waals surface area contributed by atoms with Gasteiger partial charge >= 0.3 is 0 Å². The number of ether oxygens (including phenoxy) is 2. The van der Waals surface area contributed by atoms with E-state index in [-0.39, 0.29) is 0 Å². The Kier molecular flexibility index (Phi) is 6.91. The second-order valence-electron chi connectivity index (χ2n) is 4.12. The van der Waals surface area contributed by atoms with Gasteiger partial charge in [0, 0.05) is 32.7 Å². The van der Waals surface area contributed by atoms with Gasteiger partial charge in [-0.1, -0.05) is 6.92 Å². The van der Waals surface area contributed by atoms with Gasteiger partial charge in [0.15, 0.2) is 0 Å². The molecule has 2 unspecified atom stereocenters. The molecule has 0 amide bonds. The molecule has 0 aromatic rings. The molecule has 1 saturated heterocycles. The summed E-state index contributed by atoms with van der Waals surface area (Å²) < 4.78 is 10.6. The summed E-state index contributed by atoms with van der Waals surface area (Å²) in [6.07, 6.45) is 2.47. The summed E-state index contributed by atoms with van der Waals surface area (Å²) in [7, 11) is 1.66. The number of hydrogen-bond donors (Lipinski definition) is 3. The molecule has 6 heteroatoms. The van der Waals surface area contributed by atoms with Crippen LogP contribution >= 0.6 is 0 Å². The third-order valence-corrected chi connectivity index (χ3v) is 2.97. The lowest BCUT2D eigenvalue weighted by molar-refractivity contribution is 0.0892. The minimum Gasteiger partial charge on any atom is -0.383 e. The first-order valence-electron chi connectivity index (χ1n) is 6.17. The zero-order chi connectivity index (χ0) is 12.5. The number of hydrogen-bond acceptors (Lipinski definition) is 4. The Labute approximate surface area is 103 Å². The van der Waals surface area contributed by atoms with Crippen molar-refractivity contribution in [3.63, 3.8) is 0 Å². The standard InChI is InChI=1S/C11H24N4O2/c1-3-10-9(4-6-17-10)8-14-11(15-12)13-5-7-16-2/h9-10H,3-8,12H2,1-2H3,(H2,13,14,15). The van der Waals surface area contributed by atoms with Crippen LogP contribution in [0.2, 0.25) is 0 Å². The maximum atomic E-state index is 5.62. The Morgan fingerprint density at radius 1 is 1.59 bits per heavy atom. The van der Waals surface area contributed by atoms with E-state index in [0.717, 1.165) is 26.0 Å². The molecule has 0 spiro atoms. The molecular weight excluding hydrogens is 220 g/mol. The molecule has 0 radical (unpaired) electrons. The fourth-order valence-corrected chi connectivity index (χ4v) is 1.99. The summed E-state index contributed by atoms with van der Waals surface area (Å²) in [4.78, 5) is 4.43. The number of rotatable bonds is 6. The van der Waals surface area contributed by atoms with Gasteiger partial charge in [0.05, 0.1) is 12.7 Å². The van der Waals surface area contributed by atoms with Crippen molar-refractivity contribution in [3.05, 3.63) is 0 Å². The highest BCUT2D eigenvalue weighted by molar-refractivity contribution is 5.79. The molecule has 17 heavy (non-hydrogen) atoms. The average Bonchev–Trinajstić information content (AvgIpc) is 2.81. The molecule has 0 aromatic heterocycles. The molecule has 4 N–H and O–H groups in total. The third kappa shape index (κ3) is 4.89. The molecule has 2 atom stereocenters. The van der Waals surface area contributed by atoms with Crippen LogP contribution in [-0.2, 0) is 9.47 Å². The van der Waals surface area contributed by atoms with Gasteiger partial charge in [-0.05, 0) is 12.8 Å². The minimum atomic E-state index is 0.344. The van der Waals surface area contributed by atoms with E-state index >= 15 is 0 Å². The number of nitrogens with one attached hydrogen (secondary N) is 2. The molecule has 0 saturated carbocycles. The summed E-state index contributed by atoms with van der Waals surface area (Å²) in [6, 6.07) is 0. The van der Waals surface area contributed by atoms with Crippen LogP contribution in [0.4, 0.5) is 0 Å². The van der Waals surface area contributed by atoms with Crippen LogP contribution in [0.1, 0.15) is 19.8 Å². The van der Waals surface area contributed by atoms with Crippen LogP contribution < -0.4 is 16.6 Å². The maximum absolute atomic E-state index is 5.62. The maximum Gasteiger partial charge on any atom is 0.205 e. The van der Waals surface area contributed by atoms with Crippen molar-refractivity contribution in [1.29, 1.82) is 0 Å².